The average molecular weight is 374 g/mol. The first-order chi connectivity index (χ1) is 11.1. The molecular formula is C19H20BrNO2. The van der Waals surface area contributed by atoms with Crippen molar-refractivity contribution in [3.8, 4) is 0 Å². The van der Waals surface area contributed by atoms with Crippen LogP contribution in [0.1, 0.15) is 59.7 Å². The third-order valence-corrected chi connectivity index (χ3v) is 5.12. The molecule has 1 aliphatic heterocycles. The predicted molar refractivity (Wildman–Crippen MR) is 95.8 cm³/mol. The summed E-state index contributed by atoms with van der Waals surface area (Å²) in [6.45, 7) is 2.68. The summed E-state index contributed by atoms with van der Waals surface area (Å²) in [7, 11) is 0. The maximum atomic E-state index is 12.7. The third-order valence-electron chi connectivity index (χ3n) is 4.42. The van der Waals surface area contributed by atoms with Crippen molar-refractivity contribution in [3.05, 3.63) is 45.9 Å². The van der Waals surface area contributed by atoms with Crippen molar-refractivity contribution in [1.29, 1.82) is 0 Å². The van der Waals surface area contributed by atoms with E-state index in [1.807, 2.05) is 30.3 Å². The van der Waals surface area contributed by atoms with Crippen LogP contribution in [-0.4, -0.2) is 23.3 Å². The number of benzene rings is 2. The Morgan fingerprint density at radius 2 is 1.61 bits per heavy atom. The van der Waals surface area contributed by atoms with Gasteiger partial charge in [-0.1, -0.05) is 60.7 Å². The van der Waals surface area contributed by atoms with Crippen molar-refractivity contribution in [1.82, 2.24) is 4.90 Å². The molecule has 0 fully saturated rings. The first kappa shape index (κ1) is 16.2. The molecule has 0 aromatic heterocycles. The van der Waals surface area contributed by atoms with E-state index < -0.39 is 0 Å². The normalized spacial score (nSPS) is 13.9. The van der Waals surface area contributed by atoms with Crippen LogP contribution >= 0.6 is 15.9 Å². The van der Waals surface area contributed by atoms with Crippen LogP contribution in [0.5, 0.6) is 0 Å². The second-order valence-electron chi connectivity index (χ2n) is 6.00. The number of carbonyl (C=O) groups is 2. The molecule has 0 aliphatic carbocycles. The number of hydrogen-bond donors (Lipinski definition) is 0. The lowest BCUT2D eigenvalue weighted by Gasteiger charge is -2.27. The Bertz CT molecular complexity index is 747. The van der Waals surface area contributed by atoms with E-state index in [2.05, 4.69) is 22.9 Å². The summed E-state index contributed by atoms with van der Waals surface area (Å²) in [5.41, 5.74) is 1.26. The van der Waals surface area contributed by atoms with Gasteiger partial charge in [0.15, 0.2) is 0 Å². The Balaban J connectivity index is 1.89. The van der Waals surface area contributed by atoms with Gasteiger partial charge in [0, 0.05) is 27.5 Å². The highest BCUT2D eigenvalue weighted by Gasteiger charge is 2.32. The van der Waals surface area contributed by atoms with E-state index >= 15 is 0 Å². The maximum absolute atomic E-state index is 12.7. The zero-order valence-corrected chi connectivity index (χ0v) is 14.9. The van der Waals surface area contributed by atoms with Gasteiger partial charge in [0.2, 0.25) is 0 Å². The van der Waals surface area contributed by atoms with Crippen molar-refractivity contribution in [2.24, 2.45) is 0 Å². The number of amides is 2. The molecule has 0 unspecified atom stereocenters. The van der Waals surface area contributed by atoms with E-state index in [1.54, 1.807) is 0 Å². The molecule has 120 valence electrons. The van der Waals surface area contributed by atoms with Gasteiger partial charge in [-0.15, -0.1) is 0 Å². The van der Waals surface area contributed by atoms with Gasteiger partial charge >= 0.3 is 0 Å². The highest BCUT2D eigenvalue weighted by atomic mass is 79.9. The number of rotatable bonds is 6. The van der Waals surface area contributed by atoms with Gasteiger partial charge in [-0.3, -0.25) is 14.5 Å². The third kappa shape index (κ3) is 2.92. The van der Waals surface area contributed by atoms with Gasteiger partial charge < -0.3 is 0 Å². The molecule has 23 heavy (non-hydrogen) atoms. The van der Waals surface area contributed by atoms with E-state index in [9.17, 15) is 9.59 Å². The predicted octanol–water partition coefficient (Wildman–Crippen LogP) is 5.17. The first-order valence-electron chi connectivity index (χ1n) is 8.22. The van der Waals surface area contributed by atoms with Gasteiger partial charge in [0.05, 0.1) is 0 Å². The quantitative estimate of drug-likeness (QED) is 0.517. The van der Waals surface area contributed by atoms with Crippen LogP contribution in [0.2, 0.25) is 0 Å². The van der Waals surface area contributed by atoms with Crippen molar-refractivity contribution in [3.63, 3.8) is 0 Å². The smallest absolute Gasteiger partial charge is 0.261 e. The first-order valence-corrected chi connectivity index (χ1v) is 9.02. The lowest BCUT2D eigenvalue weighted by atomic mass is 9.94. The molecule has 1 heterocycles. The van der Waals surface area contributed by atoms with Crippen LogP contribution in [0.3, 0.4) is 0 Å². The molecule has 0 atom stereocenters. The Morgan fingerprint density at radius 3 is 2.35 bits per heavy atom. The number of hydrogen-bond acceptors (Lipinski definition) is 2. The van der Waals surface area contributed by atoms with Crippen LogP contribution < -0.4 is 0 Å². The molecule has 1 aliphatic rings. The fraction of sp³-hybridized carbons (Fsp3) is 0.368. The monoisotopic (exact) mass is 373 g/mol. The van der Waals surface area contributed by atoms with Gasteiger partial charge in [0.25, 0.3) is 11.8 Å². The van der Waals surface area contributed by atoms with E-state index in [4.69, 9.17) is 0 Å². The van der Waals surface area contributed by atoms with Crippen LogP contribution in [0.4, 0.5) is 0 Å². The summed E-state index contributed by atoms with van der Waals surface area (Å²) in [5.74, 6) is -0.330. The zero-order chi connectivity index (χ0) is 16.4. The molecule has 0 spiro atoms. The summed E-state index contributed by atoms with van der Waals surface area (Å²) in [4.78, 5) is 26.9. The second-order valence-corrected chi connectivity index (χ2v) is 6.85. The maximum Gasteiger partial charge on any atom is 0.261 e. The topological polar surface area (TPSA) is 37.4 Å². The number of nitrogens with zero attached hydrogens (tertiary/aromatic N) is 1. The van der Waals surface area contributed by atoms with Gasteiger partial charge in [-0.2, -0.15) is 0 Å². The van der Waals surface area contributed by atoms with E-state index in [-0.39, 0.29) is 11.8 Å². The number of unbranched alkanes of at least 4 members (excludes halogenated alkanes) is 4. The van der Waals surface area contributed by atoms with Crippen molar-refractivity contribution < 1.29 is 9.59 Å². The fourth-order valence-corrected chi connectivity index (χ4v) is 3.65. The van der Waals surface area contributed by atoms with Crippen LogP contribution in [0.15, 0.2) is 34.8 Å². The Kier molecular flexibility index (Phi) is 4.81. The highest BCUT2D eigenvalue weighted by molar-refractivity contribution is 9.10. The number of carbonyl (C=O) groups excluding carboxylic acids is 2. The molecule has 4 heteroatoms. The zero-order valence-electron chi connectivity index (χ0n) is 13.3. The van der Waals surface area contributed by atoms with Crippen molar-refractivity contribution in [2.45, 2.75) is 39.0 Å². The summed E-state index contributed by atoms with van der Waals surface area (Å²) < 4.78 is 0.909. The van der Waals surface area contributed by atoms with Crippen LogP contribution in [0.25, 0.3) is 10.8 Å². The SMILES string of the molecule is CCCCCCCN1C(=O)c2cccc3c(Br)ccc(c23)C1=O. The average Bonchev–Trinajstić information content (AvgIpc) is 2.56. The number of imide groups is 1. The highest BCUT2D eigenvalue weighted by Crippen LogP contribution is 2.34. The largest absolute Gasteiger partial charge is 0.274 e. The van der Waals surface area contributed by atoms with E-state index in [1.165, 1.54) is 17.7 Å². The second kappa shape index (κ2) is 6.83. The molecule has 3 rings (SSSR count). The minimum absolute atomic E-state index is 0.165. The van der Waals surface area contributed by atoms with E-state index in [0.29, 0.717) is 17.7 Å². The molecule has 2 amide bonds. The lowest BCUT2D eigenvalue weighted by molar-refractivity contribution is 0.0607. The molecule has 0 saturated heterocycles. The van der Waals surface area contributed by atoms with Crippen LogP contribution in [0, 0.1) is 0 Å². The number of halogens is 1. The Hall–Kier alpha value is -1.68. The summed E-state index contributed by atoms with van der Waals surface area (Å²) in [6, 6.07) is 9.33. The van der Waals surface area contributed by atoms with Gasteiger partial charge in [-0.05, 0) is 30.0 Å². The Morgan fingerprint density at radius 1 is 0.913 bits per heavy atom. The minimum Gasteiger partial charge on any atom is -0.274 e. The molecular weight excluding hydrogens is 354 g/mol. The minimum atomic E-state index is -0.165. The van der Waals surface area contributed by atoms with Crippen molar-refractivity contribution >= 4 is 38.5 Å². The standard InChI is InChI=1S/C19H20BrNO2/c1-2-3-4-5-6-12-21-18(22)14-9-7-8-13-16(20)11-10-15(17(13)14)19(21)23/h7-11H,2-6,12H2,1H3. The molecule has 2 aromatic carbocycles. The summed E-state index contributed by atoms with van der Waals surface area (Å²) in [6.07, 6.45) is 5.48. The Labute approximate surface area is 144 Å². The van der Waals surface area contributed by atoms with Gasteiger partial charge in [0.1, 0.15) is 0 Å². The van der Waals surface area contributed by atoms with Crippen LogP contribution in [-0.2, 0) is 0 Å². The molecule has 2 aromatic rings. The van der Waals surface area contributed by atoms with E-state index in [0.717, 1.165) is 34.5 Å². The molecule has 0 radical (unpaired) electrons. The fourth-order valence-electron chi connectivity index (χ4n) is 3.19. The van der Waals surface area contributed by atoms with Crippen molar-refractivity contribution in [2.75, 3.05) is 6.54 Å². The summed E-state index contributed by atoms with van der Waals surface area (Å²) in [5, 5.41) is 1.70. The molecule has 3 nitrogen and oxygen atoms in total. The lowest BCUT2D eigenvalue weighted by Crippen LogP contribution is -2.40. The molecule has 0 saturated carbocycles. The molecule has 0 bridgehead atoms. The summed E-state index contributed by atoms with van der Waals surface area (Å²) >= 11 is 3.50. The molecule has 0 N–H and O–H groups in total. The van der Waals surface area contributed by atoms with Gasteiger partial charge in [-0.25, -0.2) is 0 Å².